The van der Waals surface area contributed by atoms with Crippen LogP contribution in [0.15, 0.2) is 35.3 Å². The normalized spacial score (nSPS) is 15.7. The summed E-state index contributed by atoms with van der Waals surface area (Å²) in [6.07, 6.45) is 0. The maximum absolute atomic E-state index is 11.9. The Bertz CT molecular complexity index is 607. The minimum absolute atomic E-state index is 0. The second kappa shape index (κ2) is 12.3. The van der Waals surface area contributed by atoms with Gasteiger partial charge in [0.25, 0.3) is 0 Å². The maximum Gasteiger partial charge on any atom is 0.225 e. The number of benzene rings is 1. The van der Waals surface area contributed by atoms with E-state index in [0.29, 0.717) is 13.1 Å². The van der Waals surface area contributed by atoms with E-state index in [0.717, 1.165) is 45.2 Å². The van der Waals surface area contributed by atoms with Crippen LogP contribution in [-0.2, 0) is 11.3 Å². The smallest absolute Gasteiger partial charge is 0.225 e. The highest BCUT2D eigenvalue weighted by Gasteiger charge is 2.21. The molecule has 0 aromatic heterocycles. The van der Waals surface area contributed by atoms with Crippen LogP contribution < -0.4 is 10.6 Å². The molecular weight excluding hydrogens is 465 g/mol. The molecule has 2 rings (SSSR count). The van der Waals surface area contributed by atoms with E-state index in [1.807, 2.05) is 20.8 Å². The number of aliphatic imine (C=N–C) groups is 1. The van der Waals surface area contributed by atoms with Gasteiger partial charge in [0.05, 0.1) is 6.54 Å². The van der Waals surface area contributed by atoms with Crippen molar-refractivity contribution in [3.05, 3.63) is 35.9 Å². The lowest BCUT2D eigenvalue weighted by Gasteiger charge is -2.36. The molecule has 0 unspecified atom stereocenters. The Kier molecular flexibility index (Phi) is 10.8. The fourth-order valence-electron chi connectivity index (χ4n) is 2.98. The lowest BCUT2D eigenvalue weighted by atomic mass is 9.96. The summed E-state index contributed by atoms with van der Waals surface area (Å²) in [4.78, 5) is 21.4. The van der Waals surface area contributed by atoms with Gasteiger partial charge in [-0.25, -0.2) is 0 Å². The number of nitrogens with one attached hydrogen (secondary N) is 2. The molecule has 0 bridgehead atoms. The van der Waals surface area contributed by atoms with Crippen LogP contribution in [0.4, 0.5) is 0 Å². The summed E-state index contributed by atoms with van der Waals surface area (Å²) in [6.45, 7) is 14.8. The standard InChI is InChI=1S/C21H35N5O.HI/c1-5-22-20(24-12-11-23-19(27)21(2,3)4)26-15-13-25(14-16-26)17-18-9-7-6-8-10-18;/h6-10H,5,11-17H2,1-4H3,(H,22,24)(H,23,27);1H. The van der Waals surface area contributed by atoms with Crippen LogP contribution in [0.1, 0.15) is 33.3 Å². The monoisotopic (exact) mass is 501 g/mol. The van der Waals surface area contributed by atoms with Crippen LogP contribution in [0.5, 0.6) is 0 Å². The number of nitrogens with zero attached hydrogens (tertiary/aromatic N) is 3. The van der Waals surface area contributed by atoms with E-state index in [1.54, 1.807) is 0 Å². The third-order valence-corrected chi connectivity index (χ3v) is 4.60. The zero-order valence-electron chi connectivity index (χ0n) is 17.7. The average Bonchev–Trinajstić information content (AvgIpc) is 2.65. The van der Waals surface area contributed by atoms with Gasteiger partial charge in [0.15, 0.2) is 5.96 Å². The van der Waals surface area contributed by atoms with Crippen LogP contribution in [-0.4, -0.2) is 67.5 Å². The van der Waals surface area contributed by atoms with E-state index in [2.05, 4.69) is 57.7 Å². The first-order valence-corrected chi connectivity index (χ1v) is 9.98. The summed E-state index contributed by atoms with van der Waals surface area (Å²) < 4.78 is 0. The number of amides is 1. The molecule has 1 fully saturated rings. The first-order valence-electron chi connectivity index (χ1n) is 9.98. The molecule has 1 aliphatic heterocycles. The van der Waals surface area contributed by atoms with E-state index in [1.165, 1.54) is 5.56 Å². The topological polar surface area (TPSA) is 60.0 Å². The molecule has 1 heterocycles. The average molecular weight is 501 g/mol. The first-order chi connectivity index (χ1) is 12.9. The zero-order valence-corrected chi connectivity index (χ0v) is 20.0. The number of guanidine groups is 1. The van der Waals surface area contributed by atoms with Gasteiger partial charge in [0.2, 0.25) is 5.91 Å². The molecule has 0 radical (unpaired) electrons. The molecule has 1 aromatic carbocycles. The molecule has 1 aliphatic rings. The summed E-state index contributed by atoms with van der Waals surface area (Å²) in [5.74, 6) is 1.01. The number of rotatable bonds is 6. The van der Waals surface area contributed by atoms with Gasteiger partial charge in [-0.15, -0.1) is 24.0 Å². The minimum Gasteiger partial charge on any atom is -0.357 e. The summed E-state index contributed by atoms with van der Waals surface area (Å²) in [6, 6.07) is 10.6. The highest BCUT2D eigenvalue weighted by molar-refractivity contribution is 14.0. The zero-order chi connectivity index (χ0) is 19.7. The Labute approximate surface area is 187 Å². The highest BCUT2D eigenvalue weighted by Crippen LogP contribution is 2.12. The first kappa shape index (κ1) is 24.7. The summed E-state index contributed by atoms with van der Waals surface area (Å²) in [5.41, 5.74) is 1.00. The lowest BCUT2D eigenvalue weighted by molar-refractivity contribution is -0.128. The van der Waals surface area contributed by atoms with Gasteiger partial charge in [-0.2, -0.15) is 0 Å². The van der Waals surface area contributed by atoms with E-state index in [4.69, 9.17) is 4.99 Å². The van der Waals surface area contributed by atoms with Crippen LogP contribution >= 0.6 is 24.0 Å². The largest absolute Gasteiger partial charge is 0.357 e. The van der Waals surface area contributed by atoms with Gasteiger partial charge in [0, 0.05) is 51.2 Å². The molecule has 0 spiro atoms. The van der Waals surface area contributed by atoms with Gasteiger partial charge in [-0.05, 0) is 12.5 Å². The van der Waals surface area contributed by atoms with Crippen LogP contribution in [0.2, 0.25) is 0 Å². The molecule has 1 amide bonds. The molecule has 0 saturated carbocycles. The Balaban J connectivity index is 0.00000392. The van der Waals surface area contributed by atoms with Crippen LogP contribution in [0.3, 0.4) is 0 Å². The van der Waals surface area contributed by atoms with Gasteiger partial charge >= 0.3 is 0 Å². The van der Waals surface area contributed by atoms with E-state index >= 15 is 0 Å². The van der Waals surface area contributed by atoms with Crippen molar-refractivity contribution in [1.82, 2.24) is 20.4 Å². The summed E-state index contributed by atoms with van der Waals surface area (Å²) >= 11 is 0. The Morgan fingerprint density at radius 3 is 2.29 bits per heavy atom. The number of halogens is 1. The molecule has 1 aromatic rings. The van der Waals surface area contributed by atoms with E-state index < -0.39 is 0 Å². The quantitative estimate of drug-likeness (QED) is 0.272. The number of carbonyl (C=O) groups excluding carboxylic acids is 1. The number of hydrogen-bond donors (Lipinski definition) is 2. The predicted octanol–water partition coefficient (Wildman–Crippen LogP) is 2.55. The fourth-order valence-corrected chi connectivity index (χ4v) is 2.98. The molecule has 158 valence electrons. The SMILES string of the molecule is CCNC(=NCCNC(=O)C(C)(C)C)N1CCN(Cc2ccccc2)CC1.I. The number of carbonyl (C=O) groups is 1. The van der Waals surface area contributed by atoms with Crippen molar-refractivity contribution in [2.75, 3.05) is 45.8 Å². The van der Waals surface area contributed by atoms with Gasteiger partial charge in [0.1, 0.15) is 0 Å². The van der Waals surface area contributed by atoms with Gasteiger partial charge in [-0.1, -0.05) is 51.1 Å². The highest BCUT2D eigenvalue weighted by atomic mass is 127. The van der Waals surface area contributed by atoms with Crippen molar-refractivity contribution < 1.29 is 4.79 Å². The van der Waals surface area contributed by atoms with Crippen molar-refractivity contribution in [2.24, 2.45) is 10.4 Å². The fraction of sp³-hybridized carbons (Fsp3) is 0.619. The molecule has 0 aliphatic carbocycles. The van der Waals surface area contributed by atoms with E-state index in [-0.39, 0.29) is 35.3 Å². The van der Waals surface area contributed by atoms with Crippen molar-refractivity contribution in [3.8, 4) is 0 Å². The lowest BCUT2D eigenvalue weighted by Crippen LogP contribution is -2.52. The second-order valence-corrected chi connectivity index (χ2v) is 7.99. The third kappa shape index (κ3) is 8.34. The predicted molar refractivity (Wildman–Crippen MR) is 127 cm³/mol. The minimum atomic E-state index is -0.358. The van der Waals surface area contributed by atoms with Crippen molar-refractivity contribution in [2.45, 2.75) is 34.2 Å². The maximum atomic E-state index is 11.9. The van der Waals surface area contributed by atoms with Gasteiger partial charge < -0.3 is 15.5 Å². The molecule has 6 nitrogen and oxygen atoms in total. The van der Waals surface area contributed by atoms with E-state index in [9.17, 15) is 4.79 Å². The second-order valence-electron chi connectivity index (χ2n) is 7.99. The summed E-state index contributed by atoms with van der Waals surface area (Å²) in [7, 11) is 0. The van der Waals surface area contributed by atoms with Crippen LogP contribution in [0, 0.1) is 5.41 Å². The number of hydrogen-bond acceptors (Lipinski definition) is 3. The molecule has 28 heavy (non-hydrogen) atoms. The molecular formula is C21H36IN5O. The van der Waals surface area contributed by atoms with Crippen molar-refractivity contribution in [1.29, 1.82) is 0 Å². The van der Waals surface area contributed by atoms with Crippen molar-refractivity contribution in [3.63, 3.8) is 0 Å². The van der Waals surface area contributed by atoms with Gasteiger partial charge in [-0.3, -0.25) is 14.7 Å². The Morgan fingerprint density at radius 1 is 1.07 bits per heavy atom. The summed E-state index contributed by atoms with van der Waals surface area (Å²) in [5, 5.41) is 6.34. The Hall–Kier alpha value is -1.35. The van der Waals surface area contributed by atoms with Crippen molar-refractivity contribution >= 4 is 35.8 Å². The Morgan fingerprint density at radius 2 is 1.71 bits per heavy atom. The number of piperazine rings is 1. The third-order valence-electron chi connectivity index (χ3n) is 4.60. The molecule has 2 N–H and O–H groups in total. The molecule has 1 saturated heterocycles. The van der Waals surface area contributed by atoms with Crippen LogP contribution in [0.25, 0.3) is 0 Å². The molecule has 7 heteroatoms. The molecule has 0 atom stereocenters.